The van der Waals surface area contributed by atoms with Gasteiger partial charge in [0.2, 0.25) is 0 Å². The van der Waals surface area contributed by atoms with E-state index in [1.807, 2.05) is 13.0 Å². The second-order valence-corrected chi connectivity index (χ2v) is 3.54. The molecule has 1 saturated heterocycles. The summed E-state index contributed by atoms with van der Waals surface area (Å²) in [7, 11) is 0. The van der Waals surface area contributed by atoms with Gasteiger partial charge in [0.1, 0.15) is 11.9 Å². The van der Waals surface area contributed by atoms with Crippen molar-refractivity contribution in [3.63, 3.8) is 0 Å². The largest absolute Gasteiger partial charge is 0.394 e. The molecule has 0 aliphatic carbocycles. The van der Waals surface area contributed by atoms with Crippen LogP contribution < -0.4 is 0 Å². The average molecular weight is 194 g/mol. The monoisotopic (exact) mass is 194 g/mol. The van der Waals surface area contributed by atoms with Crippen LogP contribution in [0.4, 0.5) is 0 Å². The Hall–Kier alpha value is -1.00. The number of aryl methyl sites for hydroxylation is 1. The third kappa shape index (κ3) is 1.91. The molecule has 2 heterocycles. The first-order chi connectivity index (χ1) is 6.79. The van der Waals surface area contributed by atoms with Gasteiger partial charge in [-0.05, 0) is 25.8 Å². The minimum Gasteiger partial charge on any atom is -0.394 e. The van der Waals surface area contributed by atoms with Crippen LogP contribution in [-0.2, 0) is 4.74 Å². The van der Waals surface area contributed by atoms with Crippen molar-refractivity contribution in [3.05, 3.63) is 23.8 Å². The lowest BCUT2D eigenvalue weighted by atomic mass is 10.1. The highest BCUT2D eigenvalue weighted by Crippen LogP contribution is 2.30. The number of hydrogen-bond donors (Lipinski definition) is 1. The molecule has 0 aromatic carbocycles. The van der Waals surface area contributed by atoms with Gasteiger partial charge in [0.25, 0.3) is 0 Å². The van der Waals surface area contributed by atoms with E-state index < -0.39 is 0 Å². The summed E-state index contributed by atoms with van der Waals surface area (Å²) in [4.78, 5) is 8.34. The van der Waals surface area contributed by atoms with Gasteiger partial charge in [0.05, 0.1) is 18.4 Å². The first-order valence-corrected chi connectivity index (χ1v) is 4.85. The Labute approximate surface area is 83.0 Å². The second-order valence-electron chi connectivity index (χ2n) is 3.54. The molecule has 4 heteroatoms. The van der Waals surface area contributed by atoms with Crippen LogP contribution >= 0.6 is 0 Å². The Kier molecular flexibility index (Phi) is 2.74. The molecule has 0 saturated carbocycles. The molecule has 2 rings (SSSR count). The number of aromatic nitrogens is 2. The summed E-state index contributed by atoms with van der Waals surface area (Å²) in [6, 6.07) is 1.87. The molecule has 0 amide bonds. The van der Waals surface area contributed by atoms with Crippen LogP contribution in [0.15, 0.2) is 12.3 Å². The summed E-state index contributed by atoms with van der Waals surface area (Å²) < 4.78 is 5.61. The lowest BCUT2D eigenvalue weighted by Crippen LogP contribution is -2.11. The molecule has 1 aromatic rings. The highest BCUT2D eigenvalue weighted by atomic mass is 16.5. The average Bonchev–Trinajstić information content (AvgIpc) is 2.66. The Balaban J connectivity index is 2.09. The fourth-order valence-electron chi connectivity index (χ4n) is 1.71. The highest BCUT2D eigenvalue weighted by molar-refractivity contribution is 5.06. The Morgan fingerprint density at radius 1 is 1.57 bits per heavy atom. The van der Waals surface area contributed by atoms with Crippen LogP contribution in [-0.4, -0.2) is 27.8 Å². The highest BCUT2D eigenvalue weighted by Gasteiger charge is 2.26. The zero-order chi connectivity index (χ0) is 9.97. The van der Waals surface area contributed by atoms with E-state index in [1.54, 1.807) is 6.20 Å². The van der Waals surface area contributed by atoms with E-state index in [-0.39, 0.29) is 18.8 Å². The van der Waals surface area contributed by atoms with Gasteiger partial charge in [-0.2, -0.15) is 0 Å². The Morgan fingerprint density at radius 2 is 2.43 bits per heavy atom. The van der Waals surface area contributed by atoms with Crippen molar-refractivity contribution >= 4 is 0 Å². The van der Waals surface area contributed by atoms with E-state index in [2.05, 4.69) is 9.97 Å². The van der Waals surface area contributed by atoms with Gasteiger partial charge in [-0.1, -0.05) is 0 Å². The lowest BCUT2D eigenvalue weighted by molar-refractivity contribution is 0.00912. The first-order valence-electron chi connectivity index (χ1n) is 4.85. The van der Waals surface area contributed by atoms with E-state index in [4.69, 9.17) is 9.84 Å². The number of hydrogen-bond acceptors (Lipinski definition) is 4. The van der Waals surface area contributed by atoms with Gasteiger partial charge in [0.15, 0.2) is 0 Å². The van der Waals surface area contributed by atoms with Crippen molar-refractivity contribution in [2.45, 2.75) is 32.0 Å². The van der Waals surface area contributed by atoms with Crippen molar-refractivity contribution in [3.8, 4) is 0 Å². The SMILES string of the molecule is Cc1nccc(C2CCC(CO)O2)n1. The summed E-state index contributed by atoms with van der Waals surface area (Å²) in [5.74, 6) is 0.763. The maximum absolute atomic E-state index is 8.93. The summed E-state index contributed by atoms with van der Waals surface area (Å²) >= 11 is 0. The smallest absolute Gasteiger partial charge is 0.125 e. The summed E-state index contributed by atoms with van der Waals surface area (Å²) in [6.45, 7) is 1.96. The van der Waals surface area contributed by atoms with Crippen LogP contribution in [0.5, 0.6) is 0 Å². The summed E-state index contributed by atoms with van der Waals surface area (Å²) in [5, 5.41) is 8.93. The lowest BCUT2D eigenvalue weighted by Gasteiger charge is -2.11. The molecular weight excluding hydrogens is 180 g/mol. The molecule has 76 valence electrons. The fourth-order valence-corrected chi connectivity index (χ4v) is 1.71. The van der Waals surface area contributed by atoms with Crippen LogP contribution in [0.2, 0.25) is 0 Å². The van der Waals surface area contributed by atoms with Gasteiger partial charge in [0, 0.05) is 6.20 Å². The topological polar surface area (TPSA) is 55.2 Å². The van der Waals surface area contributed by atoms with Crippen LogP contribution in [0.3, 0.4) is 0 Å². The maximum Gasteiger partial charge on any atom is 0.125 e. The number of aliphatic hydroxyl groups is 1. The first kappa shape index (κ1) is 9.55. The number of aliphatic hydroxyl groups excluding tert-OH is 1. The molecule has 4 nitrogen and oxygen atoms in total. The van der Waals surface area contributed by atoms with Crippen molar-refractivity contribution in [1.82, 2.24) is 9.97 Å². The quantitative estimate of drug-likeness (QED) is 0.763. The molecule has 2 unspecified atom stereocenters. The van der Waals surface area contributed by atoms with Crippen LogP contribution in [0.25, 0.3) is 0 Å². The Bertz CT molecular complexity index is 317. The predicted molar refractivity (Wildman–Crippen MR) is 50.7 cm³/mol. The molecule has 0 spiro atoms. The maximum atomic E-state index is 8.93. The van der Waals surface area contributed by atoms with Gasteiger partial charge in [-0.25, -0.2) is 9.97 Å². The zero-order valence-electron chi connectivity index (χ0n) is 8.18. The molecule has 0 radical (unpaired) electrons. The molecule has 0 bridgehead atoms. The molecule has 14 heavy (non-hydrogen) atoms. The fraction of sp³-hybridized carbons (Fsp3) is 0.600. The second kappa shape index (κ2) is 4.02. The number of nitrogens with zero attached hydrogens (tertiary/aromatic N) is 2. The van der Waals surface area contributed by atoms with E-state index in [0.717, 1.165) is 24.4 Å². The van der Waals surface area contributed by atoms with E-state index in [0.29, 0.717) is 0 Å². The van der Waals surface area contributed by atoms with Gasteiger partial charge >= 0.3 is 0 Å². The van der Waals surface area contributed by atoms with E-state index >= 15 is 0 Å². The zero-order valence-corrected chi connectivity index (χ0v) is 8.18. The predicted octanol–water partition coefficient (Wildman–Crippen LogP) is 0.997. The third-order valence-corrected chi connectivity index (χ3v) is 2.44. The Morgan fingerprint density at radius 3 is 3.07 bits per heavy atom. The van der Waals surface area contributed by atoms with Crippen LogP contribution in [0, 0.1) is 6.92 Å². The molecule has 1 aliphatic rings. The van der Waals surface area contributed by atoms with Crippen molar-refractivity contribution < 1.29 is 9.84 Å². The minimum absolute atomic E-state index is 0.0183. The van der Waals surface area contributed by atoms with Crippen LogP contribution in [0.1, 0.15) is 30.5 Å². The number of ether oxygens (including phenoxy) is 1. The molecular formula is C10H14N2O2. The van der Waals surface area contributed by atoms with E-state index in [1.165, 1.54) is 0 Å². The standard InChI is InChI=1S/C10H14N2O2/c1-7-11-5-4-9(12-7)10-3-2-8(6-13)14-10/h4-5,8,10,13H,2-3,6H2,1H3. The van der Waals surface area contributed by atoms with E-state index in [9.17, 15) is 0 Å². The van der Waals surface area contributed by atoms with Crippen molar-refractivity contribution in [2.24, 2.45) is 0 Å². The minimum atomic E-state index is -0.0183. The van der Waals surface area contributed by atoms with Crippen molar-refractivity contribution in [1.29, 1.82) is 0 Å². The van der Waals surface area contributed by atoms with Gasteiger partial charge in [-0.3, -0.25) is 0 Å². The van der Waals surface area contributed by atoms with Crippen molar-refractivity contribution in [2.75, 3.05) is 6.61 Å². The van der Waals surface area contributed by atoms with Gasteiger partial charge < -0.3 is 9.84 Å². The third-order valence-electron chi connectivity index (χ3n) is 2.44. The summed E-state index contributed by atoms with van der Waals surface area (Å²) in [6.07, 6.45) is 3.60. The normalized spacial score (nSPS) is 26.7. The molecule has 1 aliphatic heterocycles. The van der Waals surface area contributed by atoms with Gasteiger partial charge in [-0.15, -0.1) is 0 Å². The molecule has 2 atom stereocenters. The summed E-state index contributed by atoms with van der Waals surface area (Å²) in [5.41, 5.74) is 0.924. The molecule has 1 aromatic heterocycles. The molecule has 1 fully saturated rings. The number of rotatable bonds is 2. The molecule has 1 N–H and O–H groups in total.